The van der Waals surface area contributed by atoms with Crippen molar-refractivity contribution in [3.8, 4) is 0 Å². The van der Waals surface area contributed by atoms with Crippen molar-refractivity contribution in [2.24, 2.45) is 5.92 Å². The van der Waals surface area contributed by atoms with Gasteiger partial charge in [0.15, 0.2) is 6.61 Å². The molecule has 1 aromatic heterocycles. The third kappa shape index (κ3) is 4.30. The zero-order valence-corrected chi connectivity index (χ0v) is 13.7. The Morgan fingerprint density at radius 2 is 2.05 bits per heavy atom. The van der Waals surface area contributed by atoms with E-state index in [4.69, 9.17) is 4.74 Å². The minimum atomic E-state index is -0.413. The Morgan fingerprint density at radius 3 is 2.67 bits per heavy atom. The standard InChI is InChI=1S/C16H23NO3S/c1-10-6-4-5-7-14(10)17-15(18)9-20-16(19)13-8-11(2)21-12(13)3/h8,10,14H,4-7,9H2,1-3H3,(H,17,18)/t10-,14+/m1/s1. The first-order valence-electron chi connectivity index (χ1n) is 7.51. The molecule has 116 valence electrons. The molecular weight excluding hydrogens is 286 g/mol. The van der Waals surface area contributed by atoms with Crippen molar-refractivity contribution in [3.05, 3.63) is 21.4 Å². The number of carbonyl (C=O) groups excluding carboxylic acids is 2. The molecule has 1 aliphatic rings. The van der Waals surface area contributed by atoms with E-state index in [0.29, 0.717) is 11.5 Å². The quantitative estimate of drug-likeness (QED) is 0.869. The second kappa shape index (κ2) is 7.07. The molecule has 0 aromatic carbocycles. The highest BCUT2D eigenvalue weighted by Crippen LogP contribution is 2.24. The van der Waals surface area contributed by atoms with Crippen LogP contribution in [-0.4, -0.2) is 24.5 Å². The molecule has 0 saturated heterocycles. The molecule has 1 saturated carbocycles. The van der Waals surface area contributed by atoms with Gasteiger partial charge >= 0.3 is 5.97 Å². The summed E-state index contributed by atoms with van der Waals surface area (Å²) >= 11 is 1.56. The monoisotopic (exact) mass is 309 g/mol. The van der Waals surface area contributed by atoms with Crippen LogP contribution in [0.3, 0.4) is 0 Å². The fourth-order valence-electron chi connectivity index (χ4n) is 2.82. The molecule has 5 heteroatoms. The van der Waals surface area contributed by atoms with Gasteiger partial charge < -0.3 is 10.1 Å². The van der Waals surface area contributed by atoms with Crippen LogP contribution in [-0.2, 0) is 9.53 Å². The highest BCUT2D eigenvalue weighted by atomic mass is 32.1. The predicted octanol–water partition coefficient (Wildman–Crippen LogP) is 3.22. The van der Waals surface area contributed by atoms with E-state index in [1.165, 1.54) is 6.42 Å². The van der Waals surface area contributed by atoms with Crippen LogP contribution in [0.25, 0.3) is 0 Å². The van der Waals surface area contributed by atoms with Crippen LogP contribution >= 0.6 is 11.3 Å². The number of ether oxygens (including phenoxy) is 1. The summed E-state index contributed by atoms with van der Waals surface area (Å²) < 4.78 is 5.12. The maximum Gasteiger partial charge on any atom is 0.339 e. The minimum Gasteiger partial charge on any atom is -0.452 e. The highest BCUT2D eigenvalue weighted by Gasteiger charge is 2.23. The van der Waals surface area contributed by atoms with Crippen LogP contribution in [0.15, 0.2) is 6.07 Å². The summed E-state index contributed by atoms with van der Waals surface area (Å²) in [5.74, 6) is -0.115. The van der Waals surface area contributed by atoms with Gasteiger partial charge in [-0.3, -0.25) is 4.79 Å². The molecule has 0 aliphatic heterocycles. The molecule has 21 heavy (non-hydrogen) atoms. The van der Waals surface area contributed by atoms with Gasteiger partial charge in [-0.1, -0.05) is 19.8 Å². The first-order valence-corrected chi connectivity index (χ1v) is 8.32. The predicted molar refractivity (Wildman–Crippen MR) is 83.6 cm³/mol. The lowest BCUT2D eigenvalue weighted by Crippen LogP contribution is -2.42. The fourth-order valence-corrected chi connectivity index (χ4v) is 3.73. The van der Waals surface area contributed by atoms with Crippen LogP contribution in [0, 0.1) is 19.8 Å². The van der Waals surface area contributed by atoms with Gasteiger partial charge in [-0.25, -0.2) is 4.79 Å². The van der Waals surface area contributed by atoms with Gasteiger partial charge in [-0.05, 0) is 38.7 Å². The van der Waals surface area contributed by atoms with Gasteiger partial charge in [-0.2, -0.15) is 0 Å². The molecule has 1 aromatic rings. The van der Waals surface area contributed by atoms with Crippen molar-refractivity contribution >= 4 is 23.2 Å². The van der Waals surface area contributed by atoms with Gasteiger partial charge in [0.05, 0.1) is 5.56 Å². The number of hydrogen-bond donors (Lipinski definition) is 1. The molecule has 0 spiro atoms. The van der Waals surface area contributed by atoms with Gasteiger partial charge in [0, 0.05) is 15.8 Å². The Balaban J connectivity index is 1.81. The SMILES string of the molecule is Cc1cc(C(=O)OCC(=O)N[C@H]2CCCC[C@H]2C)c(C)s1. The molecular formula is C16H23NO3S. The van der Waals surface area contributed by atoms with Gasteiger partial charge in [0.25, 0.3) is 5.91 Å². The average Bonchev–Trinajstić information content (AvgIpc) is 2.78. The summed E-state index contributed by atoms with van der Waals surface area (Å²) in [6.45, 7) is 5.80. The third-order valence-corrected chi connectivity index (χ3v) is 5.02. The number of rotatable bonds is 4. The molecule has 1 heterocycles. The van der Waals surface area contributed by atoms with E-state index >= 15 is 0 Å². The van der Waals surface area contributed by atoms with Crippen molar-refractivity contribution in [3.63, 3.8) is 0 Å². The molecule has 1 fully saturated rings. The van der Waals surface area contributed by atoms with Crippen molar-refractivity contribution < 1.29 is 14.3 Å². The van der Waals surface area contributed by atoms with Crippen LogP contribution < -0.4 is 5.32 Å². The van der Waals surface area contributed by atoms with Crippen molar-refractivity contribution in [1.82, 2.24) is 5.32 Å². The minimum absolute atomic E-state index is 0.198. The molecule has 1 N–H and O–H groups in total. The summed E-state index contributed by atoms with van der Waals surface area (Å²) in [6.07, 6.45) is 4.56. The molecule has 2 rings (SSSR count). The Labute approximate surface area is 129 Å². The summed E-state index contributed by atoms with van der Waals surface area (Å²) in [5, 5.41) is 2.98. The molecule has 1 amide bonds. The van der Waals surface area contributed by atoms with E-state index in [1.54, 1.807) is 11.3 Å². The zero-order chi connectivity index (χ0) is 15.4. The number of nitrogens with one attached hydrogen (secondary N) is 1. The number of thiophene rings is 1. The van der Waals surface area contributed by atoms with Gasteiger partial charge in [0.2, 0.25) is 0 Å². The Kier molecular flexibility index (Phi) is 5.39. The largest absolute Gasteiger partial charge is 0.452 e. The molecule has 1 aliphatic carbocycles. The summed E-state index contributed by atoms with van der Waals surface area (Å²) in [6, 6.07) is 2.03. The highest BCUT2D eigenvalue weighted by molar-refractivity contribution is 7.12. The molecule has 0 radical (unpaired) electrons. The van der Waals surface area contributed by atoms with E-state index in [2.05, 4.69) is 12.2 Å². The maximum absolute atomic E-state index is 11.9. The number of carbonyl (C=O) groups is 2. The third-order valence-electron chi connectivity index (χ3n) is 4.05. The van der Waals surface area contributed by atoms with E-state index in [-0.39, 0.29) is 18.6 Å². The lowest BCUT2D eigenvalue weighted by Gasteiger charge is -2.29. The van der Waals surface area contributed by atoms with Crippen LogP contribution in [0.2, 0.25) is 0 Å². The second-order valence-corrected chi connectivity index (χ2v) is 7.30. The molecule has 2 atom stereocenters. The fraction of sp³-hybridized carbons (Fsp3) is 0.625. The second-order valence-electron chi connectivity index (χ2n) is 5.84. The average molecular weight is 309 g/mol. The van der Waals surface area contributed by atoms with Gasteiger partial charge in [0.1, 0.15) is 0 Å². The molecule has 4 nitrogen and oxygen atoms in total. The topological polar surface area (TPSA) is 55.4 Å². The number of amides is 1. The number of hydrogen-bond acceptors (Lipinski definition) is 4. The van der Waals surface area contributed by atoms with Crippen LogP contribution in [0.1, 0.15) is 52.7 Å². The van der Waals surface area contributed by atoms with Crippen LogP contribution in [0.5, 0.6) is 0 Å². The smallest absolute Gasteiger partial charge is 0.339 e. The molecule has 0 bridgehead atoms. The lowest BCUT2D eigenvalue weighted by atomic mass is 9.86. The Bertz CT molecular complexity index is 524. The first kappa shape index (κ1) is 16.0. The van der Waals surface area contributed by atoms with E-state index in [0.717, 1.165) is 29.0 Å². The van der Waals surface area contributed by atoms with E-state index in [9.17, 15) is 9.59 Å². The Morgan fingerprint density at radius 1 is 1.33 bits per heavy atom. The Hall–Kier alpha value is -1.36. The normalized spacial score (nSPS) is 21.9. The van der Waals surface area contributed by atoms with Crippen molar-refractivity contribution in [2.45, 2.75) is 52.5 Å². The zero-order valence-electron chi connectivity index (χ0n) is 12.9. The summed E-state index contributed by atoms with van der Waals surface area (Å²) in [4.78, 5) is 25.8. The van der Waals surface area contributed by atoms with Gasteiger partial charge in [-0.15, -0.1) is 11.3 Å². The maximum atomic E-state index is 11.9. The van der Waals surface area contributed by atoms with E-state index in [1.807, 2.05) is 19.9 Å². The number of aryl methyl sites for hydroxylation is 2. The lowest BCUT2D eigenvalue weighted by molar-refractivity contribution is -0.125. The first-order chi connectivity index (χ1) is 9.97. The van der Waals surface area contributed by atoms with Crippen molar-refractivity contribution in [2.75, 3.05) is 6.61 Å². The molecule has 0 unspecified atom stereocenters. The number of esters is 1. The van der Waals surface area contributed by atoms with E-state index < -0.39 is 5.97 Å². The van der Waals surface area contributed by atoms with Crippen molar-refractivity contribution in [1.29, 1.82) is 0 Å². The summed E-state index contributed by atoms with van der Waals surface area (Å²) in [7, 11) is 0. The summed E-state index contributed by atoms with van der Waals surface area (Å²) in [5.41, 5.74) is 0.566. The van der Waals surface area contributed by atoms with Crippen LogP contribution in [0.4, 0.5) is 0 Å².